The van der Waals surface area contributed by atoms with E-state index in [1.54, 1.807) is 7.11 Å². The van der Waals surface area contributed by atoms with Gasteiger partial charge in [0.1, 0.15) is 5.75 Å². The Labute approximate surface area is 241 Å². The van der Waals surface area contributed by atoms with Crippen LogP contribution in [0.25, 0.3) is 22.2 Å². The number of nitrogens with zero attached hydrogens (tertiary/aromatic N) is 2. The molecular weight excluding hydrogens is 514 g/mol. The van der Waals surface area contributed by atoms with Crippen molar-refractivity contribution in [2.24, 2.45) is 7.05 Å². The number of nitrogens with one attached hydrogen (secondary N) is 1. The van der Waals surface area contributed by atoms with Gasteiger partial charge >= 0.3 is 5.97 Å². The SMILES string of the molecule is COC(=O)c1ccc(C23CCN(Cc4cccc(-c5cc6c(CO)c(OC)cc(C)c6n5C)c4)C(CCN2)C3)cc1. The Hall–Kier alpha value is -3.65. The fourth-order valence-corrected chi connectivity index (χ4v) is 7.17. The number of ether oxygens (including phenoxy) is 2. The Morgan fingerprint density at radius 2 is 1.93 bits per heavy atom. The first-order valence-electron chi connectivity index (χ1n) is 14.4. The number of likely N-dealkylation sites (tertiary alicyclic amines) is 1. The second kappa shape index (κ2) is 11.0. The van der Waals surface area contributed by atoms with E-state index in [0.29, 0.717) is 11.6 Å². The van der Waals surface area contributed by atoms with Gasteiger partial charge in [0.15, 0.2) is 0 Å². The third-order valence-electron chi connectivity index (χ3n) is 9.29. The van der Waals surface area contributed by atoms with Crippen LogP contribution in [0.5, 0.6) is 5.75 Å². The van der Waals surface area contributed by atoms with E-state index in [4.69, 9.17) is 9.47 Å². The molecule has 2 saturated heterocycles. The number of carbonyl (C=O) groups is 1. The van der Waals surface area contributed by atoms with Gasteiger partial charge < -0.3 is 24.5 Å². The highest BCUT2D eigenvalue weighted by atomic mass is 16.5. The molecule has 2 aliphatic rings. The van der Waals surface area contributed by atoms with Crippen molar-refractivity contribution in [2.75, 3.05) is 27.3 Å². The van der Waals surface area contributed by atoms with E-state index in [0.717, 1.165) is 72.4 Å². The fourth-order valence-electron chi connectivity index (χ4n) is 7.17. The van der Waals surface area contributed by atoms with Gasteiger partial charge in [0.05, 0.1) is 31.9 Å². The van der Waals surface area contributed by atoms with Crippen molar-refractivity contribution in [3.63, 3.8) is 0 Å². The van der Waals surface area contributed by atoms with Crippen LogP contribution in [0.2, 0.25) is 0 Å². The van der Waals surface area contributed by atoms with Crippen LogP contribution in [0.4, 0.5) is 0 Å². The fraction of sp³-hybridized carbons (Fsp3) is 0.382. The van der Waals surface area contributed by atoms with Crippen LogP contribution < -0.4 is 10.1 Å². The largest absolute Gasteiger partial charge is 0.496 e. The zero-order valence-electron chi connectivity index (χ0n) is 24.4. The van der Waals surface area contributed by atoms with Gasteiger partial charge in [-0.2, -0.15) is 0 Å². The number of aromatic nitrogens is 1. The number of benzene rings is 3. The van der Waals surface area contributed by atoms with Gasteiger partial charge in [-0.15, -0.1) is 0 Å². The van der Waals surface area contributed by atoms with Crippen molar-refractivity contribution in [2.45, 2.75) is 50.9 Å². The summed E-state index contributed by atoms with van der Waals surface area (Å²) in [4.78, 5) is 14.6. The second-order valence-electron chi connectivity index (χ2n) is 11.5. The Morgan fingerprint density at radius 3 is 2.66 bits per heavy atom. The number of aliphatic hydroxyl groups is 1. The monoisotopic (exact) mass is 553 g/mol. The lowest BCUT2D eigenvalue weighted by Crippen LogP contribution is -2.59. The average molecular weight is 554 g/mol. The number of fused-ring (bicyclic) bond motifs is 3. The molecule has 4 aromatic rings. The molecule has 0 aliphatic carbocycles. The number of aliphatic hydroxyl groups excluding tert-OH is 1. The number of carbonyl (C=O) groups excluding carboxylic acids is 1. The first kappa shape index (κ1) is 27.5. The lowest BCUT2D eigenvalue weighted by molar-refractivity contribution is 0.0353. The smallest absolute Gasteiger partial charge is 0.337 e. The standard InChI is InChI=1S/C34H39N3O4/c1-22-16-31(40-3)29(21-38)28-18-30(36(2)32(22)28)25-7-5-6-23(17-25)20-37-15-13-34(19-27(37)12-14-35-34)26-10-8-24(9-11-26)33(39)41-4/h5-11,16-18,27,35,38H,12-15,19-21H2,1-4H3. The molecule has 2 unspecified atom stereocenters. The molecule has 2 fully saturated rings. The number of rotatable bonds is 7. The molecule has 1 aromatic heterocycles. The first-order chi connectivity index (χ1) is 19.9. The molecule has 2 atom stereocenters. The highest BCUT2D eigenvalue weighted by Crippen LogP contribution is 2.41. The molecule has 0 amide bonds. The van der Waals surface area contributed by atoms with Gasteiger partial charge in [-0.05, 0) is 85.3 Å². The third-order valence-corrected chi connectivity index (χ3v) is 9.29. The topological polar surface area (TPSA) is 76.0 Å². The van der Waals surface area contributed by atoms with Crippen LogP contribution >= 0.6 is 0 Å². The molecule has 2 N–H and O–H groups in total. The van der Waals surface area contributed by atoms with Gasteiger partial charge in [-0.25, -0.2) is 4.79 Å². The summed E-state index contributed by atoms with van der Waals surface area (Å²) in [5.74, 6) is 0.429. The average Bonchev–Trinajstić information content (AvgIpc) is 3.36. The van der Waals surface area contributed by atoms with Crippen LogP contribution in [-0.2, 0) is 30.5 Å². The van der Waals surface area contributed by atoms with Crippen molar-refractivity contribution in [3.8, 4) is 17.0 Å². The van der Waals surface area contributed by atoms with E-state index in [9.17, 15) is 9.90 Å². The van der Waals surface area contributed by atoms with Crippen molar-refractivity contribution in [3.05, 3.63) is 88.5 Å². The summed E-state index contributed by atoms with van der Waals surface area (Å²) in [5, 5.41) is 15.0. The predicted molar refractivity (Wildman–Crippen MR) is 161 cm³/mol. The molecule has 0 radical (unpaired) electrons. The Kier molecular flexibility index (Phi) is 7.36. The minimum absolute atomic E-state index is 0.0532. The molecule has 7 nitrogen and oxygen atoms in total. The summed E-state index contributed by atoms with van der Waals surface area (Å²) < 4.78 is 12.7. The van der Waals surface area contributed by atoms with Gasteiger partial charge in [-0.3, -0.25) is 4.90 Å². The van der Waals surface area contributed by atoms with E-state index >= 15 is 0 Å². The molecule has 7 heteroatoms. The molecule has 3 heterocycles. The number of esters is 1. The maximum absolute atomic E-state index is 11.9. The third kappa shape index (κ3) is 4.82. The molecule has 0 spiro atoms. The van der Waals surface area contributed by atoms with E-state index in [2.05, 4.69) is 71.2 Å². The zero-order chi connectivity index (χ0) is 28.7. The number of hydrogen-bond donors (Lipinski definition) is 2. The van der Waals surface area contributed by atoms with E-state index in [1.807, 2.05) is 18.2 Å². The maximum atomic E-state index is 11.9. The minimum atomic E-state index is -0.298. The number of aryl methyl sites for hydroxylation is 2. The molecule has 41 heavy (non-hydrogen) atoms. The lowest BCUT2D eigenvalue weighted by Gasteiger charge is -2.51. The molecular formula is C34H39N3O4. The summed E-state index contributed by atoms with van der Waals surface area (Å²) in [5.41, 5.74) is 8.47. The van der Waals surface area contributed by atoms with E-state index in [-0.39, 0.29) is 18.1 Å². The van der Waals surface area contributed by atoms with Crippen molar-refractivity contribution < 1.29 is 19.4 Å². The first-order valence-corrected chi connectivity index (χ1v) is 14.4. The van der Waals surface area contributed by atoms with Crippen molar-refractivity contribution in [1.29, 1.82) is 0 Å². The molecule has 3 aromatic carbocycles. The summed E-state index contributed by atoms with van der Waals surface area (Å²) >= 11 is 0. The molecule has 0 saturated carbocycles. The highest BCUT2D eigenvalue weighted by Gasteiger charge is 2.43. The number of methoxy groups -OCH3 is 2. The second-order valence-corrected chi connectivity index (χ2v) is 11.5. The lowest BCUT2D eigenvalue weighted by atomic mass is 9.74. The van der Waals surface area contributed by atoms with Gasteiger partial charge in [0, 0.05) is 48.4 Å². The quantitative estimate of drug-likeness (QED) is 0.303. The van der Waals surface area contributed by atoms with Gasteiger partial charge in [-0.1, -0.05) is 30.3 Å². The molecule has 214 valence electrons. The Bertz CT molecular complexity index is 1590. The summed E-state index contributed by atoms with van der Waals surface area (Å²) in [7, 11) is 5.17. The summed E-state index contributed by atoms with van der Waals surface area (Å²) in [6, 6.07) is 21.5. The van der Waals surface area contributed by atoms with Gasteiger partial charge in [0.25, 0.3) is 0 Å². The maximum Gasteiger partial charge on any atom is 0.337 e. The minimum Gasteiger partial charge on any atom is -0.496 e. The summed E-state index contributed by atoms with van der Waals surface area (Å²) in [6.07, 6.45) is 3.20. The molecule has 2 aliphatic heterocycles. The van der Waals surface area contributed by atoms with Crippen LogP contribution in [0.3, 0.4) is 0 Å². The van der Waals surface area contributed by atoms with Crippen LogP contribution in [0.1, 0.15) is 51.9 Å². The predicted octanol–water partition coefficient (Wildman–Crippen LogP) is 5.29. The highest BCUT2D eigenvalue weighted by molar-refractivity contribution is 5.93. The van der Waals surface area contributed by atoms with Crippen LogP contribution in [-0.4, -0.2) is 53.9 Å². The molecule has 6 rings (SSSR count). The van der Waals surface area contributed by atoms with E-state index in [1.165, 1.54) is 23.8 Å². The number of hydrogen-bond acceptors (Lipinski definition) is 6. The van der Waals surface area contributed by atoms with Crippen molar-refractivity contribution in [1.82, 2.24) is 14.8 Å². The van der Waals surface area contributed by atoms with Crippen LogP contribution in [0, 0.1) is 6.92 Å². The van der Waals surface area contributed by atoms with Crippen molar-refractivity contribution >= 4 is 16.9 Å². The Balaban J connectivity index is 1.24. The van der Waals surface area contributed by atoms with Crippen LogP contribution in [0.15, 0.2) is 60.7 Å². The zero-order valence-corrected chi connectivity index (χ0v) is 24.4. The molecule has 2 bridgehead atoms. The normalized spacial score (nSPS) is 20.8. The summed E-state index contributed by atoms with van der Waals surface area (Å²) in [6.45, 7) is 4.93. The Morgan fingerprint density at radius 1 is 1.12 bits per heavy atom. The van der Waals surface area contributed by atoms with E-state index < -0.39 is 0 Å². The van der Waals surface area contributed by atoms with Gasteiger partial charge in [0.2, 0.25) is 0 Å². The number of piperidine rings is 2.